The maximum atomic E-state index is 12.9. The van der Waals surface area contributed by atoms with Gasteiger partial charge >= 0.3 is 0 Å². The van der Waals surface area contributed by atoms with Crippen LogP contribution in [0.3, 0.4) is 0 Å². The van der Waals surface area contributed by atoms with Crippen molar-refractivity contribution in [3.63, 3.8) is 0 Å². The number of rotatable bonds is 4. The number of likely N-dealkylation sites (tertiary alicyclic amines) is 1. The zero-order chi connectivity index (χ0) is 21.1. The quantitative estimate of drug-likeness (QED) is 0.590. The summed E-state index contributed by atoms with van der Waals surface area (Å²) in [5, 5.41) is 0. The number of piperidine rings is 1. The van der Waals surface area contributed by atoms with Crippen molar-refractivity contribution in [2.45, 2.75) is 26.7 Å². The zero-order valence-corrected chi connectivity index (χ0v) is 17.8. The summed E-state index contributed by atoms with van der Waals surface area (Å²) in [7, 11) is 0. The fourth-order valence-electron chi connectivity index (χ4n) is 4.41. The first-order valence-corrected chi connectivity index (χ1v) is 10.7. The van der Waals surface area contributed by atoms with E-state index in [1.54, 1.807) is 0 Å². The van der Waals surface area contributed by atoms with Crippen molar-refractivity contribution in [3.05, 3.63) is 64.7 Å². The first kappa shape index (κ1) is 20.3. The molecule has 0 N–H and O–H groups in total. The third kappa shape index (κ3) is 3.74. The van der Waals surface area contributed by atoms with Gasteiger partial charge in [-0.1, -0.05) is 29.7 Å². The molecule has 0 aliphatic carbocycles. The molecule has 4 nitrogen and oxygen atoms in total. The number of ether oxygens (including phenoxy) is 1. The molecule has 4 rings (SSSR count). The summed E-state index contributed by atoms with van der Waals surface area (Å²) in [5.41, 5.74) is 5.57. The molecule has 0 aromatic heterocycles. The van der Waals surface area contributed by atoms with Crippen molar-refractivity contribution in [2.75, 3.05) is 32.7 Å². The van der Waals surface area contributed by atoms with Crippen LogP contribution in [0.2, 0.25) is 0 Å². The number of carbonyl (C=O) groups is 1. The highest BCUT2D eigenvalue weighted by Crippen LogP contribution is 2.46. The van der Waals surface area contributed by atoms with Gasteiger partial charge in [0.15, 0.2) is 0 Å². The van der Waals surface area contributed by atoms with Crippen LogP contribution >= 0.6 is 0 Å². The minimum Gasteiger partial charge on any atom is -0.456 e. The fraction of sp³-hybridized carbons (Fsp3) is 0.346. The molecule has 0 spiro atoms. The van der Waals surface area contributed by atoms with Crippen molar-refractivity contribution >= 4 is 11.5 Å². The van der Waals surface area contributed by atoms with Gasteiger partial charge in [-0.2, -0.15) is 0 Å². The number of hydrogen-bond acceptors (Lipinski definition) is 3. The summed E-state index contributed by atoms with van der Waals surface area (Å²) in [6.07, 6.45) is 7.47. The Labute approximate surface area is 179 Å². The molecule has 0 atom stereocenters. The van der Waals surface area contributed by atoms with Crippen LogP contribution in [-0.4, -0.2) is 48.4 Å². The third-order valence-electron chi connectivity index (χ3n) is 6.05. The molecule has 2 aliphatic heterocycles. The summed E-state index contributed by atoms with van der Waals surface area (Å²) in [5.74, 6) is 4.41. The predicted octanol–water partition coefficient (Wildman–Crippen LogP) is 4.81. The Morgan fingerprint density at radius 2 is 1.77 bits per heavy atom. The molecule has 4 heteroatoms. The molecule has 2 aliphatic rings. The lowest BCUT2D eigenvalue weighted by Crippen LogP contribution is -2.31. The number of carbonyl (C=O) groups excluding carboxylic acids is 1. The largest absolute Gasteiger partial charge is 0.456 e. The topological polar surface area (TPSA) is 32.8 Å². The summed E-state index contributed by atoms with van der Waals surface area (Å²) in [6, 6.07) is 14.1. The second-order valence-corrected chi connectivity index (χ2v) is 7.75. The van der Waals surface area contributed by atoms with Gasteiger partial charge in [-0.3, -0.25) is 9.69 Å². The van der Waals surface area contributed by atoms with Crippen molar-refractivity contribution in [1.82, 2.24) is 9.80 Å². The van der Waals surface area contributed by atoms with Crippen molar-refractivity contribution in [3.8, 4) is 23.8 Å². The lowest BCUT2D eigenvalue weighted by Gasteiger charge is -2.31. The van der Waals surface area contributed by atoms with Gasteiger partial charge < -0.3 is 9.64 Å². The molecule has 2 aromatic carbocycles. The van der Waals surface area contributed by atoms with Crippen LogP contribution in [0, 0.1) is 12.3 Å². The number of nitrogens with zero attached hydrogens (tertiary/aromatic N) is 2. The molecule has 2 aromatic rings. The van der Waals surface area contributed by atoms with E-state index in [0.29, 0.717) is 25.2 Å². The Morgan fingerprint density at radius 1 is 1.07 bits per heavy atom. The van der Waals surface area contributed by atoms with E-state index in [1.165, 1.54) is 11.1 Å². The van der Waals surface area contributed by atoms with Gasteiger partial charge in [-0.15, -0.1) is 6.42 Å². The molecule has 0 saturated carbocycles. The van der Waals surface area contributed by atoms with Crippen LogP contribution in [0.1, 0.15) is 48.2 Å². The van der Waals surface area contributed by atoms with E-state index < -0.39 is 0 Å². The normalized spacial score (nSPS) is 15.6. The molecule has 1 saturated heterocycles. The Morgan fingerprint density at radius 3 is 2.47 bits per heavy atom. The van der Waals surface area contributed by atoms with E-state index in [4.69, 9.17) is 11.2 Å². The molecule has 0 unspecified atom stereocenters. The van der Waals surface area contributed by atoms with Crippen LogP contribution in [-0.2, 0) is 0 Å². The van der Waals surface area contributed by atoms with Crippen molar-refractivity contribution < 1.29 is 9.53 Å². The van der Waals surface area contributed by atoms with Crippen molar-refractivity contribution in [1.29, 1.82) is 0 Å². The SMILES string of the molecule is C#CCN1CCC(=C2c3ccccc3Oc3cc(C(=O)N(CC)CC)ccc32)CC1. The number of para-hydroxylation sites is 1. The van der Waals surface area contributed by atoms with Gasteiger partial charge in [0, 0.05) is 42.9 Å². The summed E-state index contributed by atoms with van der Waals surface area (Å²) >= 11 is 0. The van der Waals surface area contributed by atoms with E-state index in [-0.39, 0.29) is 5.91 Å². The van der Waals surface area contributed by atoms with Crippen LogP contribution in [0.4, 0.5) is 0 Å². The van der Waals surface area contributed by atoms with E-state index in [1.807, 2.05) is 43.0 Å². The lowest BCUT2D eigenvalue weighted by atomic mass is 9.85. The van der Waals surface area contributed by atoms with Gasteiger partial charge in [-0.25, -0.2) is 0 Å². The monoisotopic (exact) mass is 400 g/mol. The fourth-order valence-corrected chi connectivity index (χ4v) is 4.41. The first-order valence-electron chi connectivity index (χ1n) is 10.7. The van der Waals surface area contributed by atoms with E-state index >= 15 is 0 Å². The second kappa shape index (κ2) is 8.77. The van der Waals surface area contributed by atoms with Gasteiger partial charge in [-0.05, 0) is 56.5 Å². The minimum atomic E-state index is 0.0436. The van der Waals surface area contributed by atoms with Crippen LogP contribution in [0.15, 0.2) is 48.0 Å². The lowest BCUT2D eigenvalue weighted by molar-refractivity contribution is 0.0772. The van der Waals surface area contributed by atoms with Gasteiger partial charge in [0.2, 0.25) is 0 Å². The second-order valence-electron chi connectivity index (χ2n) is 7.75. The van der Waals surface area contributed by atoms with Gasteiger partial charge in [0.25, 0.3) is 5.91 Å². The molecule has 2 heterocycles. The number of amides is 1. The van der Waals surface area contributed by atoms with Crippen LogP contribution < -0.4 is 4.74 Å². The first-order chi connectivity index (χ1) is 14.7. The van der Waals surface area contributed by atoms with Gasteiger partial charge in [0.05, 0.1) is 6.54 Å². The molecule has 154 valence electrons. The third-order valence-corrected chi connectivity index (χ3v) is 6.05. The van der Waals surface area contributed by atoms with Gasteiger partial charge in [0.1, 0.15) is 11.5 Å². The van der Waals surface area contributed by atoms with E-state index in [0.717, 1.165) is 48.6 Å². The summed E-state index contributed by atoms with van der Waals surface area (Å²) in [6.45, 7) is 8.04. The average molecular weight is 401 g/mol. The molecule has 1 fully saturated rings. The average Bonchev–Trinajstić information content (AvgIpc) is 2.78. The maximum Gasteiger partial charge on any atom is 0.253 e. The van der Waals surface area contributed by atoms with Crippen LogP contribution in [0.5, 0.6) is 11.5 Å². The Kier molecular flexibility index (Phi) is 5.92. The maximum absolute atomic E-state index is 12.9. The highest BCUT2D eigenvalue weighted by atomic mass is 16.5. The van der Waals surface area contributed by atoms with Crippen molar-refractivity contribution in [2.24, 2.45) is 0 Å². The molecule has 1 amide bonds. The molecular weight excluding hydrogens is 372 g/mol. The number of hydrogen-bond donors (Lipinski definition) is 0. The smallest absolute Gasteiger partial charge is 0.253 e. The zero-order valence-electron chi connectivity index (χ0n) is 17.8. The number of fused-ring (bicyclic) bond motifs is 2. The summed E-state index contributed by atoms with van der Waals surface area (Å²) < 4.78 is 6.25. The molecule has 30 heavy (non-hydrogen) atoms. The predicted molar refractivity (Wildman–Crippen MR) is 121 cm³/mol. The Hall–Kier alpha value is -3.03. The highest BCUT2D eigenvalue weighted by Gasteiger charge is 2.27. The standard InChI is InChI=1S/C26H28N2O2/c1-4-15-27-16-13-19(14-17-27)25-21-9-7-8-10-23(21)30-24-18-20(11-12-22(24)25)26(29)28(5-2)6-3/h1,7-12,18H,5-6,13-17H2,2-3H3. The number of terminal acetylenes is 1. The highest BCUT2D eigenvalue weighted by molar-refractivity contribution is 5.97. The number of benzene rings is 2. The molecular formula is C26H28N2O2. The Balaban J connectivity index is 1.75. The molecule has 0 bridgehead atoms. The van der Waals surface area contributed by atoms with E-state index in [9.17, 15) is 4.79 Å². The van der Waals surface area contributed by atoms with Crippen LogP contribution in [0.25, 0.3) is 5.57 Å². The minimum absolute atomic E-state index is 0.0436. The van der Waals surface area contributed by atoms with E-state index in [2.05, 4.69) is 29.0 Å². The molecule has 0 radical (unpaired) electrons. The Bertz CT molecular complexity index is 1020. The summed E-state index contributed by atoms with van der Waals surface area (Å²) in [4.78, 5) is 17.0.